The second-order valence-corrected chi connectivity index (χ2v) is 6.62. The highest BCUT2D eigenvalue weighted by atomic mass is 16.2. The molecule has 1 unspecified atom stereocenters. The first-order valence-corrected chi connectivity index (χ1v) is 7.87. The predicted octanol–water partition coefficient (Wildman–Crippen LogP) is 2.63. The zero-order valence-electron chi connectivity index (χ0n) is 13.2. The molecule has 4 nitrogen and oxygen atoms in total. The third-order valence-electron chi connectivity index (χ3n) is 4.42. The monoisotopic (exact) mass is 298 g/mol. The highest BCUT2D eigenvalue weighted by Gasteiger charge is 2.38. The van der Waals surface area contributed by atoms with Gasteiger partial charge < -0.3 is 10.2 Å². The Labute approximate surface area is 131 Å². The fraction of sp³-hybridized carbons (Fsp3) is 0.444. The van der Waals surface area contributed by atoms with Crippen LogP contribution in [0.15, 0.2) is 30.5 Å². The van der Waals surface area contributed by atoms with E-state index in [1.807, 2.05) is 12.1 Å². The summed E-state index contributed by atoms with van der Waals surface area (Å²) in [5, 5.41) is 2.77. The van der Waals surface area contributed by atoms with Crippen LogP contribution in [0.5, 0.6) is 0 Å². The molecule has 0 aliphatic carbocycles. The van der Waals surface area contributed by atoms with E-state index in [2.05, 4.69) is 31.8 Å². The summed E-state index contributed by atoms with van der Waals surface area (Å²) in [5.41, 5.74) is 3.82. The molecule has 0 saturated carbocycles. The van der Waals surface area contributed by atoms with Crippen LogP contribution >= 0.6 is 0 Å². The van der Waals surface area contributed by atoms with Gasteiger partial charge in [0.25, 0.3) is 5.91 Å². The fourth-order valence-electron chi connectivity index (χ4n) is 3.36. The molecule has 2 heterocycles. The van der Waals surface area contributed by atoms with Crippen molar-refractivity contribution in [2.45, 2.75) is 45.7 Å². The average Bonchev–Trinajstić information content (AvgIpc) is 2.77. The lowest BCUT2D eigenvalue weighted by atomic mass is 9.96. The Bertz CT molecular complexity index is 648. The summed E-state index contributed by atoms with van der Waals surface area (Å²) in [6.07, 6.45) is 2.34. The number of rotatable bonds is 3. The van der Waals surface area contributed by atoms with Gasteiger partial charge in [0.2, 0.25) is 5.91 Å². The Morgan fingerprint density at radius 3 is 2.82 bits per heavy atom. The molecule has 1 atom stereocenters. The summed E-state index contributed by atoms with van der Waals surface area (Å²) in [6.45, 7) is 8.69. The third kappa shape index (κ3) is 2.54. The van der Waals surface area contributed by atoms with Gasteiger partial charge in [-0.15, -0.1) is 0 Å². The summed E-state index contributed by atoms with van der Waals surface area (Å²) in [5.74, 6) is 0.410. The highest BCUT2D eigenvalue weighted by Crippen LogP contribution is 2.31. The molecule has 1 saturated heterocycles. The zero-order valence-corrected chi connectivity index (χ0v) is 13.2. The minimum Gasteiger partial charge on any atom is -0.329 e. The summed E-state index contributed by atoms with van der Waals surface area (Å²) < 4.78 is 0. The van der Waals surface area contributed by atoms with Crippen LogP contribution in [-0.2, 0) is 17.8 Å². The maximum Gasteiger partial charge on any atom is 0.255 e. The van der Waals surface area contributed by atoms with Gasteiger partial charge in [0.15, 0.2) is 0 Å². The Hall–Kier alpha value is -2.10. The van der Waals surface area contributed by atoms with Crippen molar-refractivity contribution >= 4 is 11.8 Å². The number of carbonyl (C=O) groups is 2. The summed E-state index contributed by atoms with van der Waals surface area (Å²) >= 11 is 0. The van der Waals surface area contributed by atoms with Crippen molar-refractivity contribution in [2.75, 3.05) is 0 Å². The smallest absolute Gasteiger partial charge is 0.255 e. The molecule has 1 fully saturated rings. The van der Waals surface area contributed by atoms with Crippen LogP contribution in [0.1, 0.15) is 48.2 Å². The van der Waals surface area contributed by atoms with Crippen LogP contribution in [0, 0.1) is 5.92 Å². The van der Waals surface area contributed by atoms with Crippen molar-refractivity contribution in [2.24, 2.45) is 5.92 Å². The van der Waals surface area contributed by atoms with Crippen LogP contribution in [0.4, 0.5) is 0 Å². The van der Waals surface area contributed by atoms with Gasteiger partial charge in [-0.2, -0.15) is 0 Å². The maximum absolute atomic E-state index is 12.7. The Morgan fingerprint density at radius 2 is 2.14 bits per heavy atom. The van der Waals surface area contributed by atoms with Gasteiger partial charge in [-0.3, -0.25) is 9.59 Å². The van der Waals surface area contributed by atoms with E-state index in [4.69, 9.17) is 0 Å². The van der Waals surface area contributed by atoms with Crippen LogP contribution in [0.2, 0.25) is 0 Å². The van der Waals surface area contributed by atoms with E-state index in [-0.39, 0.29) is 17.9 Å². The molecule has 2 aliphatic heterocycles. The molecule has 1 aromatic carbocycles. The van der Waals surface area contributed by atoms with E-state index in [0.717, 1.165) is 29.7 Å². The van der Waals surface area contributed by atoms with Crippen molar-refractivity contribution in [3.05, 3.63) is 47.2 Å². The molecule has 0 aromatic heterocycles. The minimum atomic E-state index is -0.378. The van der Waals surface area contributed by atoms with Gasteiger partial charge >= 0.3 is 0 Å². The molecule has 0 radical (unpaired) electrons. The quantitative estimate of drug-likeness (QED) is 0.932. The molecule has 3 rings (SSSR count). The summed E-state index contributed by atoms with van der Waals surface area (Å²) in [7, 11) is 0. The second-order valence-electron chi connectivity index (χ2n) is 6.62. The second kappa shape index (κ2) is 5.59. The maximum atomic E-state index is 12.7. The molecular formula is C18H22N2O2. The largest absolute Gasteiger partial charge is 0.329 e. The van der Waals surface area contributed by atoms with Crippen molar-refractivity contribution < 1.29 is 9.59 Å². The number of hydrogen-bond donors (Lipinski definition) is 1. The van der Waals surface area contributed by atoms with Gasteiger partial charge in [-0.25, -0.2) is 0 Å². The molecule has 2 aliphatic rings. The van der Waals surface area contributed by atoms with Gasteiger partial charge in [0.05, 0.1) is 0 Å². The van der Waals surface area contributed by atoms with E-state index >= 15 is 0 Å². The predicted molar refractivity (Wildman–Crippen MR) is 85.2 cm³/mol. The third-order valence-corrected chi connectivity index (χ3v) is 4.42. The van der Waals surface area contributed by atoms with Crippen LogP contribution in [0.3, 0.4) is 0 Å². The van der Waals surface area contributed by atoms with Crippen molar-refractivity contribution in [1.82, 2.24) is 10.2 Å². The van der Waals surface area contributed by atoms with Gasteiger partial charge in [-0.1, -0.05) is 32.6 Å². The number of nitrogens with one attached hydrogen (secondary N) is 1. The average molecular weight is 298 g/mol. The number of amides is 2. The summed E-state index contributed by atoms with van der Waals surface area (Å²) in [6, 6.07) is 5.54. The molecule has 22 heavy (non-hydrogen) atoms. The topological polar surface area (TPSA) is 49.4 Å². The zero-order chi connectivity index (χ0) is 15.9. The molecule has 4 heteroatoms. The van der Waals surface area contributed by atoms with Crippen LogP contribution in [0.25, 0.3) is 0 Å². The number of allylic oxidation sites excluding steroid dienone is 1. The van der Waals surface area contributed by atoms with Crippen molar-refractivity contribution in [3.8, 4) is 0 Å². The number of piperidine rings is 1. The first kappa shape index (κ1) is 14.8. The van der Waals surface area contributed by atoms with Gasteiger partial charge in [0.1, 0.15) is 6.04 Å². The molecular weight excluding hydrogens is 276 g/mol. The number of fused-ring (bicyclic) bond motifs is 1. The molecule has 1 aromatic rings. The Morgan fingerprint density at radius 1 is 1.36 bits per heavy atom. The molecule has 2 amide bonds. The van der Waals surface area contributed by atoms with Crippen molar-refractivity contribution in [3.63, 3.8) is 0 Å². The molecule has 0 spiro atoms. The minimum absolute atomic E-state index is 0.0201. The SMILES string of the molecule is C=C1CCC(N2Cc3c(CC(C)C)cccc3C2=O)C(=O)N1. The van der Waals surface area contributed by atoms with E-state index in [0.29, 0.717) is 18.9 Å². The molecule has 1 N–H and O–H groups in total. The van der Waals surface area contributed by atoms with Crippen LogP contribution in [-0.4, -0.2) is 22.8 Å². The number of hydrogen-bond acceptors (Lipinski definition) is 2. The van der Waals surface area contributed by atoms with Gasteiger partial charge in [0, 0.05) is 17.8 Å². The van der Waals surface area contributed by atoms with E-state index in [9.17, 15) is 9.59 Å². The highest BCUT2D eigenvalue weighted by molar-refractivity contribution is 6.01. The van der Waals surface area contributed by atoms with Crippen LogP contribution < -0.4 is 5.32 Å². The van der Waals surface area contributed by atoms with Gasteiger partial charge in [-0.05, 0) is 42.4 Å². The lowest BCUT2D eigenvalue weighted by Gasteiger charge is -2.31. The Balaban J connectivity index is 1.88. The Kier molecular flexibility index (Phi) is 3.77. The summed E-state index contributed by atoms with van der Waals surface area (Å²) in [4.78, 5) is 26.6. The number of benzene rings is 1. The first-order chi connectivity index (χ1) is 10.5. The number of nitrogens with zero attached hydrogens (tertiary/aromatic N) is 1. The molecule has 116 valence electrons. The standard InChI is InChI=1S/C18H22N2O2/c1-11(2)9-13-5-4-6-14-15(13)10-20(18(14)22)16-8-7-12(3)19-17(16)21/h4-6,11,16H,3,7-10H2,1-2H3,(H,19,21). The van der Waals surface area contributed by atoms with E-state index in [1.54, 1.807) is 4.90 Å². The lowest BCUT2D eigenvalue weighted by molar-refractivity contribution is -0.126. The number of carbonyl (C=O) groups excluding carboxylic acids is 2. The normalized spacial score (nSPS) is 21.3. The van der Waals surface area contributed by atoms with E-state index < -0.39 is 0 Å². The van der Waals surface area contributed by atoms with E-state index in [1.165, 1.54) is 5.56 Å². The molecule has 0 bridgehead atoms. The fourth-order valence-corrected chi connectivity index (χ4v) is 3.36. The lowest BCUT2D eigenvalue weighted by Crippen LogP contribution is -2.49. The first-order valence-electron chi connectivity index (χ1n) is 7.87. The van der Waals surface area contributed by atoms with Crippen molar-refractivity contribution in [1.29, 1.82) is 0 Å².